The number of fused-ring (bicyclic) bond motifs is 3. The lowest BCUT2D eigenvalue weighted by Gasteiger charge is -2.09. The molecule has 0 saturated heterocycles. The number of nitrogens with one attached hydrogen (secondary N) is 1. The highest BCUT2D eigenvalue weighted by molar-refractivity contribution is 7.11. The monoisotopic (exact) mass is 356 g/mol. The first kappa shape index (κ1) is 16.1. The molecule has 0 radical (unpaired) electrons. The molecule has 0 unspecified atom stereocenters. The third kappa shape index (κ3) is 3.54. The lowest BCUT2D eigenvalue weighted by atomic mass is 9.96. The van der Waals surface area contributed by atoms with Crippen LogP contribution < -0.4 is 10.1 Å². The summed E-state index contributed by atoms with van der Waals surface area (Å²) in [6.45, 7) is 2.44. The van der Waals surface area contributed by atoms with Crippen LogP contribution in [0.1, 0.15) is 34.1 Å². The zero-order valence-electron chi connectivity index (χ0n) is 14.1. The summed E-state index contributed by atoms with van der Waals surface area (Å²) in [7, 11) is 0. The van der Waals surface area contributed by atoms with Gasteiger partial charge in [-0.25, -0.2) is 4.98 Å². The third-order valence-corrected chi connectivity index (χ3v) is 5.34. The number of benzene rings is 1. The van der Waals surface area contributed by atoms with Crippen molar-refractivity contribution in [1.29, 1.82) is 0 Å². The number of furan rings is 1. The minimum Gasteiger partial charge on any atom is -0.484 e. The molecular formula is C19H20N2O3S. The van der Waals surface area contributed by atoms with Crippen molar-refractivity contribution in [2.24, 2.45) is 0 Å². The van der Waals surface area contributed by atoms with E-state index in [0.717, 1.165) is 39.5 Å². The number of rotatable bonds is 5. The Morgan fingerprint density at radius 3 is 3.08 bits per heavy atom. The maximum Gasteiger partial charge on any atom is 0.258 e. The minimum absolute atomic E-state index is 0.00331. The van der Waals surface area contributed by atoms with E-state index in [0.29, 0.717) is 12.3 Å². The number of hydrogen-bond donors (Lipinski definition) is 1. The molecule has 130 valence electrons. The number of amides is 1. The van der Waals surface area contributed by atoms with E-state index in [1.807, 2.05) is 25.1 Å². The Hall–Kier alpha value is -2.34. The van der Waals surface area contributed by atoms with Crippen LogP contribution in [0.25, 0.3) is 11.0 Å². The fraction of sp³-hybridized carbons (Fsp3) is 0.368. The molecule has 0 spiro atoms. The van der Waals surface area contributed by atoms with E-state index in [9.17, 15) is 4.79 Å². The lowest BCUT2D eigenvalue weighted by Crippen LogP contribution is -2.28. The van der Waals surface area contributed by atoms with Gasteiger partial charge in [-0.05, 0) is 44.4 Å². The van der Waals surface area contributed by atoms with Crippen LogP contribution in [-0.4, -0.2) is 17.5 Å². The predicted octanol–water partition coefficient (Wildman–Crippen LogP) is 3.77. The molecule has 1 aromatic carbocycles. The Balaban J connectivity index is 1.38. The summed E-state index contributed by atoms with van der Waals surface area (Å²) in [5.74, 6) is 1.67. The minimum atomic E-state index is -0.139. The van der Waals surface area contributed by atoms with Gasteiger partial charge in [0.1, 0.15) is 17.1 Å². The fourth-order valence-electron chi connectivity index (χ4n) is 3.20. The van der Waals surface area contributed by atoms with Crippen LogP contribution >= 0.6 is 11.3 Å². The highest BCUT2D eigenvalue weighted by Gasteiger charge is 2.18. The molecule has 4 rings (SSSR count). The highest BCUT2D eigenvalue weighted by atomic mass is 32.1. The number of aryl methyl sites for hydroxylation is 3. The maximum atomic E-state index is 12.0. The summed E-state index contributed by atoms with van der Waals surface area (Å²) < 4.78 is 11.6. The summed E-state index contributed by atoms with van der Waals surface area (Å²) in [6.07, 6.45) is 6.25. The Morgan fingerprint density at radius 1 is 1.36 bits per heavy atom. The van der Waals surface area contributed by atoms with Gasteiger partial charge in [-0.1, -0.05) is 0 Å². The predicted molar refractivity (Wildman–Crippen MR) is 97.0 cm³/mol. The number of aromatic nitrogens is 1. The van der Waals surface area contributed by atoms with Crippen molar-refractivity contribution in [1.82, 2.24) is 10.3 Å². The summed E-state index contributed by atoms with van der Waals surface area (Å²) in [5, 5.41) is 4.97. The first-order valence-electron chi connectivity index (χ1n) is 8.54. The van der Waals surface area contributed by atoms with Gasteiger partial charge in [0.2, 0.25) is 0 Å². The van der Waals surface area contributed by atoms with Gasteiger partial charge in [0.05, 0.1) is 11.6 Å². The van der Waals surface area contributed by atoms with Gasteiger partial charge in [0.15, 0.2) is 6.61 Å². The topological polar surface area (TPSA) is 64.4 Å². The molecule has 1 aliphatic rings. The summed E-state index contributed by atoms with van der Waals surface area (Å²) in [6, 6.07) is 5.78. The van der Waals surface area contributed by atoms with Crippen molar-refractivity contribution >= 4 is 28.2 Å². The molecule has 0 fully saturated rings. The van der Waals surface area contributed by atoms with Crippen LogP contribution in [0, 0.1) is 6.92 Å². The second kappa shape index (κ2) is 6.88. The number of nitrogens with zero attached hydrogens (tertiary/aromatic N) is 1. The average molecular weight is 356 g/mol. The van der Waals surface area contributed by atoms with Gasteiger partial charge in [0.25, 0.3) is 5.91 Å². The Kier molecular flexibility index (Phi) is 4.44. The second-order valence-corrected chi connectivity index (χ2v) is 7.60. The molecule has 2 aromatic heterocycles. The summed E-state index contributed by atoms with van der Waals surface area (Å²) in [5.41, 5.74) is 2.21. The van der Waals surface area contributed by atoms with E-state index in [2.05, 4.69) is 10.3 Å². The van der Waals surface area contributed by atoms with E-state index >= 15 is 0 Å². The highest BCUT2D eigenvalue weighted by Crippen LogP contribution is 2.33. The second-order valence-electron chi connectivity index (χ2n) is 6.28. The largest absolute Gasteiger partial charge is 0.484 e. The Bertz CT molecular complexity index is 913. The van der Waals surface area contributed by atoms with Gasteiger partial charge in [-0.2, -0.15) is 0 Å². The van der Waals surface area contributed by atoms with Crippen molar-refractivity contribution in [3.05, 3.63) is 45.6 Å². The zero-order chi connectivity index (χ0) is 17.2. The molecule has 0 aliphatic heterocycles. The van der Waals surface area contributed by atoms with Crippen LogP contribution in [-0.2, 0) is 24.2 Å². The molecule has 1 amide bonds. The molecule has 0 saturated carbocycles. The molecule has 2 heterocycles. The summed E-state index contributed by atoms with van der Waals surface area (Å²) in [4.78, 5) is 17.2. The van der Waals surface area contributed by atoms with Crippen LogP contribution in [0.2, 0.25) is 0 Å². The van der Waals surface area contributed by atoms with Crippen molar-refractivity contribution in [3.8, 4) is 5.75 Å². The third-order valence-electron chi connectivity index (χ3n) is 4.43. The molecule has 5 nitrogen and oxygen atoms in total. The van der Waals surface area contributed by atoms with Gasteiger partial charge < -0.3 is 14.5 Å². The smallest absolute Gasteiger partial charge is 0.258 e. The van der Waals surface area contributed by atoms with Gasteiger partial charge >= 0.3 is 0 Å². The SMILES string of the molecule is Cc1ncc(CNC(=O)COc2ccc3oc4c(c3c2)CCCC4)s1. The first-order chi connectivity index (χ1) is 12.2. The number of carbonyl (C=O) groups excluding carboxylic acids is 1. The molecule has 6 heteroatoms. The first-order valence-corrected chi connectivity index (χ1v) is 9.36. The van der Waals surface area contributed by atoms with E-state index < -0.39 is 0 Å². The molecule has 1 aliphatic carbocycles. The number of ether oxygens (including phenoxy) is 1. The van der Waals surface area contributed by atoms with Crippen LogP contribution in [0.15, 0.2) is 28.8 Å². The zero-order valence-corrected chi connectivity index (χ0v) is 14.9. The van der Waals surface area contributed by atoms with E-state index in [1.165, 1.54) is 18.4 Å². The fourth-order valence-corrected chi connectivity index (χ4v) is 3.94. The van der Waals surface area contributed by atoms with Crippen LogP contribution in [0.5, 0.6) is 5.75 Å². The molecule has 3 aromatic rings. The van der Waals surface area contributed by atoms with Gasteiger partial charge in [0, 0.05) is 28.4 Å². The van der Waals surface area contributed by atoms with E-state index in [4.69, 9.17) is 9.15 Å². The van der Waals surface area contributed by atoms with Gasteiger partial charge in [-0.3, -0.25) is 4.79 Å². The normalized spacial score (nSPS) is 13.6. The Morgan fingerprint density at radius 2 is 2.24 bits per heavy atom. The van der Waals surface area contributed by atoms with Crippen LogP contribution in [0.4, 0.5) is 0 Å². The molecule has 0 bridgehead atoms. The molecule has 1 N–H and O–H groups in total. The van der Waals surface area contributed by atoms with Crippen molar-refractivity contribution < 1.29 is 13.9 Å². The molecule has 25 heavy (non-hydrogen) atoms. The van der Waals surface area contributed by atoms with Crippen molar-refractivity contribution in [3.63, 3.8) is 0 Å². The number of carbonyl (C=O) groups is 1. The Labute approximate surface area is 150 Å². The standard InChI is InChI=1S/C19H20N2O3S/c1-12-20-9-14(25-12)10-21-19(22)11-23-13-6-7-18-16(8-13)15-4-2-3-5-17(15)24-18/h6-9H,2-5,10-11H2,1H3,(H,21,22). The number of thiazole rings is 1. The molecule has 0 atom stereocenters. The number of hydrogen-bond acceptors (Lipinski definition) is 5. The summed E-state index contributed by atoms with van der Waals surface area (Å²) >= 11 is 1.58. The maximum absolute atomic E-state index is 12.0. The average Bonchev–Trinajstić information content (AvgIpc) is 3.21. The van der Waals surface area contributed by atoms with Crippen molar-refractivity contribution in [2.75, 3.05) is 6.61 Å². The van der Waals surface area contributed by atoms with Crippen LogP contribution in [0.3, 0.4) is 0 Å². The van der Waals surface area contributed by atoms with Gasteiger partial charge in [-0.15, -0.1) is 11.3 Å². The quantitative estimate of drug-likeness (QED) is 0.756. The van der Waals surface area contributed by atoms with E-state index in [1.54, 1.807) is 17.5 Å². The lowest BCUT2D eigenvalue weighted by molar-refractivity contribution is -0.123. The van der Waals surface area contributed by atoms with E-state index in [-0.39, 0.29) is 12.5 Å². The molecular weight excluding hydrogens is 336 g/mol. The van der Waals surface area contributed by atoms with Crippen molar-refractivity contribution in [2.45, 2.75) is 39.2 Å².